The number of carbonyl (C=O) groups is 2. The van der Waals surface area contributed by atoms with Gasteiger partial charge < -0.3 is 0 Å². The van der Waals surface area contributed by atoms with Crippen LogP contribution in [0.5, 0.6) is 0 Å². The summed E-state index contributed by atoms with van der Waals surface area (Å²) in [6, 6.07) is 0. The molecule has 17 heavy (non-hydrogen) atoms. The van der Waals surface area contributed by atoms with Crippen LogP contribution in [-0.4, -0.2) is 23.1 Å². The predicted molar refractivity (Wildman–Crippen MR) is 81.4 cm³/mol. The first-order valence-corrected chi connectivity index (χ1v) is 9.05. The Hall–Kier alpha value is -0.130. The maximum Gasteiger partial charge on any atom is 0.158 e. The predicted octanol–water partition coefficient (Wildman–Crippen LogP) is 4.09. The SMILES string of the molecule is C=C(C)C(=O)CCSSSCCC(=O)C(=C)C. The van der Waals surface area contributed by atoms with Crippen molar-refractivity contribution in [2.75, 3.05) is 11.5 Å². The van der Waals surface area contributed by atoms with E-state index in [1.165, 1.54) is 0 Å². The highest BCUT2D eigenvalue weighted by Gasteiger charge is 2.04. The number of carbonyl (C=O) groups excluding carboxylic acids is 2. The molecule has 5 heteroatoms. The Morgan fingerprint density at radius 3 is 1.53 bits per heavy atom. The molecule has 0 spiro atoms. The number of rotatable bonds is 10. The van der Waals surface area contributed by atoms with Gasteiger partial charge in [0.15, 0.2) is 11.6 Å². The normalized spacial score (nSPS) is 10.0. The van der Waals surface area contributed by atoms with Crippen LogP contribution < -0.4 is 0 Å². The third-order valence-electron chi connectivity index (χ3n) is 1.87. The molecule has 0 aliphatic heterocycles. The van der Waals surface area contributed by atoms with Gasteiger partial charge in [0.1, 0.15) is 0 Å². The lowest BCUT2D eigenvalue weighted by atomic mass is 10.2. The zero-order chi connectivity index (χ0) is 13.3. The lowest BCUT2D eigenvalue weighted by molar-refractivity contribution is -0.115. The third-order valence-corrected chi connectivity index (χ3v) is 6.12. The lowest BCUT2D eigenvalue weighted by Crippen LogP contribution is -1.99. The molecule has 0 aliphatic carbocycles. The van der Waals surface area contributed by atoms with E-state index in [0.29, 0.717) is 24.0 Å². The quantitative estimate of drug-likeness (QED) is 0.344. The van der Waals surface area contributed by atoms with Crippen LogP contribution in [0.2, 0.25) is 0 Å². The number of Topliss-reactive ketones (excluding diaryl/α,β-unsaturated/α-hetero) is 2. The van der Waals surface area contributed by atoms with E-state index in [0.717, 1.165) is 11.5 Å². The molecule has 0 heterocycles. The van der Waals surface area contributed by atoms with Crippen LogP contribution in [0.3, 0.4) is 0 Å². The summed E-state index contributed by atoms with van der Waals surface area (Å²) in [5.41, 5.74) is 1.24. The van der Waals surface area contributed by atoms with Crippen LogP contribution in [-0.2, 0) is 9.59 Å². The van der Waals surface area contributed by atoms with Crippen LogP contribution in [0.4, 0.5) is 0 Å². The van der Waals surface area contributed by atoms with E-state index in [1.54, 1.807) is 45.3 Å². The molecule has 2 nitrogen and oxygen atoms in total. The lowest BCUT2D eigenvalue weighted by Gasteiger charge is -2.01. The fourth-order valence-electron chi connectivity index (χ4n) is 0.798. The summed E-state index contributed by atoms with van der Waals surface area (Å²) < 4.78 is 0. The minimum atomic E-state index is 0.126. The number of hydrogen-bond donors (Lipinski definition) is 0. The van der Waals surface area contributed by atoms with Gasteiger partial charge in [-0.25, -0.2) is 0 Å². The van der Waals surface area contributed by atoms with Gasteiger partial charge in [-0.2, -0.15) is 0 Å². The molecular formula is C12H18O2S3. The summed E-state index contributed by atoms with van der Waals surface area (Å²) in [6.45, 7) is 10.7. The van der Waals surface area contributed by atoms with E-state index in [-0.39, 0.29) is 11.6 Å². The molecule has 0 aromatic heterocycles. The van der Waals surface area contributed by atoms with Gasteiger partial charge in [0.05, 0.1) is 0 Å². The van der Waals surface area contributed by atoms with Gasteiger partial charge in [-0.1, -0.05) is 34.7 Å². The first-order valence-electron chi connectivity index (χ1n) is 5.23. The van der Waals surface area contributed by atoms with Crippen molar-refractivity contribution in [1.29, 1.82) is 0 Å². The molecule has 0 aliphatic rings. The molecule has 0 aromatic carbocycles. The maximum atomic E-state index is 11.2. The highest BCUT2D eigenvalue weighted by atomic mass is 33.5. The number of hydrogen-bond acceptors (Lipinski definition) is 5. The van der Waals surface area contributed by atoms with E-state index in [2.05, 4.69) is 13.2 Å². The molecule has 0 N–H and O–H groups in total. The second-order valence-electron chi connectivity index (χ2n) is 3.62. The molecule has 0 amide bonds. The summed E-state index contributed by atoms with van der Waals surface area (Å²) in [4.78, 5) is 22.4. The highest BCUT2D eigenvalue weighted by molar-refractivity contribution is 9.09. The van der Waals surface area contributed by atoms with E-state index < -0.39 is 0 Å². The average molecular weight is 290 g/mol. The van der Waals surface area contributed by atoms with Gasteiger partial charge in [-0.3, -0.25) is 9.59 Å². The van der Waals surface area contributed by atoms with E-state index >= 15 is 0 Å². The zero-order valence-corrected chi connectivity index (χ0v) is 12.7. The summed E-state index contributed by atoms with van der Waals surface area (Å²) in [5.74, 6) is 1.83. The molecule has 0 aromatic rings. The smallest absolute Gasteiger partial charge is 0.158 e. The molecule has 0 radical (unpaired) electrons. The number of ketones is 2. The molecule has 0 fully saturated rings. The Bertz CT molecular complexity index is 281. The number of allylic oxidation sites excluding steroid dienone is 2. The summed E-state index contributed by atoms with van der Waals surface area (Å²) in [7, 11) is 4.92. The fourth-order valence-corrected chi connectivity index (χ4v) is 4.49. The van der Waals surface area contributed by atoms with Crippen LogP contribution in [0.15, 0.2) is 24.3 Å². The first kappa shape index (κ1) is 16.9. The van der Waals surface area contributed by atoms with Crippen molar-refractivity contribution >= 4 is 43.0 Å². The molecule has 96 valence electrons. The Balaban J connectivity index is 3.36. The van der Waals surface area contributed by atoms with Gasteiger partial charge in [0.2, 0.25) is 0 Å². The fraction of sp³-hybridized carbons (Fsp3) is 0.500. The monoisotopic (exact) mass is 290 g/mol. The van der Waals surface area contributed by atoms with Crippen molar-refractivity contribution in [3.8, 4) is 0 Å². The van der Waals surface area contributed by atoms with Crippen LogP contribution in [0, 0.1) is 0 Å². The van der Waals surface area contributed by atoms with Crippen molar-refractivity contribution < 1.29 is 9.59 Å². The standard InChI is InChI=1S/C12H18O2S3/c1-9(2)11(13)5-7-15-17-16-8-6-12(14)10(3)4/h1,3,5-8H2,2,4H3. The minimum Gasteiger partial charge on any atom is -0.295 e. The van der Waals surface area contributed by atoms with Gasteiger partial charge >= 0.3 is 0 Å². The molecular weight excluding hydrogens is 272 g/mol. The Kier molecular flexibility index (Phi) is 9.78. The zero-order valence-electron chi connectivity index (χ0n) is 10.3. The topological polar surface area (TPSA) is 34.1 Å². The van der Waals surface area contributed by atoms with Gasteiger partial charge in [-0.05, 0) is 34.8 Å². The third kappa shape index (κ3) is 9.56. The molecule has 0 saturated heterocycles. The van der Waals surface area contributed by atoms with E-state index in [4.69, 9.17) is 0 Å². The van der Waals surface area contributed by atoms with Gasteiger partial charge in [0.25, 0.3) is 0 Å². The van der Waals surface area contributed by atoms with Crippen LogP contribution in [0.25, 0.3) is 0 Å². The highest BCUT2D eigenvalue weighted by Crippen LogP contribution is 2.35. The van der Waals surface area contributed by atoms with Crippen molar-refractivity contribution in [3.05, 3.63) is 24.3 Å². The molecule has 0 unspecified atom stereocenters. The van der Waals surface area contributed by atoms with E-state index in [1.807, 2.05) is 0 Å². The summed E-state index contributed by atoms with van der Waals surface area (Å²) in [6.07, 6.45) is 1.08. The van der Waals surface area contributed by atoms with Crippen molar-refractivity contribution in [2.24, 2.45) is 0 Å². The molecule has 0 bridgehead atoms. The molecule has 0 rings (SSSR count). The van der Waals surface area contributed by atoms with Crippen molar-refractivity contribution in [2.45, 2.75) is 26.7 Å². The van der Waals surface area contributed by atoms with Crippen LogP contribution >= 0.6 is 31.4 Å². The second-order valence-corrected chi connectivity index (χ2v) is 8.09. The summed E-state index contributed by atoms with van der Waals surface area (Å²) in [5, 5.41) is 0. The first-order chi connectivity index (χ1) is 7.95. The van der Waals surface area contributed by atoms with E-state index in [9.17, 15) is 9.59 Å². The average Bonchev–Trinajstić information content (AvgIpc) is 2.26. The Labute approximate surface area is 115 Å². The van der Waals surface area contributed by atoms with Gasteiger partial charge in [0, 0.05) is 24.3 Å². The minimum absolute atomic E-state index is 0.126. The van der Waals surface area contributed by atoms with Crippen molar-refractivity contribution in [1.82, 2.24) is 0 Å². The maximum absolute atomic E-state index is 11.2. The Morgan fingerprint density at radius 1 is 0.882 bits per heavy atom. The second kappa shape index (κ2) is 9.85. The molecule has 0 saturated carbocycles. The molecule has 0 atom stereocenters. The summed E-state index contributed by atoms with van der Waals surface area (Å²) >= 11 is 0. The van der Waals surface area contributed by atoms with Crippen molar-refractivity contribution in [3.63, 3.8) is 0 Å². The van der Waals surface area contributed by atoms with Gasteiger partial charge in [-0.15, -0.1) is 0 Å². The Morgan fingerprint density at radius 2 is 1.24 bits per heavy atom. The van der Waals surface area contributed by atoms with Crippen LogP contribution in [0.1, 0.15) is 26.7 Å². The largest absolute Gasteiger partial charge is 0.295 e.